The lowest BCUT2D eigenvalue weighted by Crippen LogP contribution is -2.08. The number of hydrogen-bond acceptors (Lipinski definition) is 2. The summed E-state index contributed by atoms with van der Waals surface area (Å²) in [5.41, 5.74) is 7.98. The molecule has 1 heterocycles. The largest absolute Gasteiger partial charge is 0.324 e. The van der Waals surface area contributed by atoms with Crippen molar-refractivity contribution in [2.75, 3.05) is 0 Å². The van der Waals surface area contributed by atoms with E-state index in [0.29, 0.717) is 0 Å². The number of rotatable bonds is 2. The lowest BCUT2D eigenvalue weighted by Gasteiger charge is -2.05. The summed E-state index contributed by atoms with van der Waals surface area (Å²) in [6, 6.07) is 0.138. The van der Waals surface area contributed by atoms with Crippen molar-refractivity contribution in [3.63, 3.8) is 0 Å². The van der Waals surface area contributed by atoms with Gasteiger partial charge < -0.3 is 5.73 Å². The van der Waals surface area contributed by atoms with Crippen LogP contribution in [0.4, 0.5) is 0 Å². The van der Waals surface area contributed by atoms with E-state index < -0.39 is 0 Å². The smallest absolute Gasteiger partial charge is 0.0537 e. The maximum absolute atomic E-state index is 5.78. The number of H-pyrrole nitrogens is 1. The van der Waals surface area contributed by atoms with Gasteiger partial charge in [0.15, 0.2) is 0 Å². The van der Waals surface area contributed by atoms with Crippen LogP contribution in [0.15, 0.2) is 6.20 Å². The number of nitrogens with two attached hydrogens (primary N) is 1. The molecule has 1 unspecified atom stereocenters. The van der Waals surface area contributed by atoms with Crippen LogP contribution >= 0.6 is 0 Å². The molecule has 56 valence electrons. The molecule has 3 heteroatoms. The van der Waals surface area contributed by atoms with Gasteiger partial charge in [-0.25, -0.2) is 0 Å². The molecule has 0 aliphatic carbocycles. The van der Waals surface area contributed by atoms with Crippen molar-refractivity contribution in [3.8, 4) is 0 Å². The Morgan fingerprint density at radius 2 is 2.50 bits per heavy atom. The number of nitrogens with one attached hydrogen (secondary N) is 1. The number of aromatic amines is 1. The van der Waals surface area contributed by atoms with Gasteiger partial charge in [0.25, 0.3) is 0 Å². The lowest BCUT2D eigenvalue weighted by atomic mass is 10.1. The molecule has 0 aliphatic rings. The summed E-state index contributed by atoms with van der Waals surface area (Å²) in [5.74, 6) is 0. The van der Waals surface area contributed by atoms with Crippen molar-refractivity contribution in [2.45, 2.75) is 26.3 Å². The van der Waals surface area contributed by atoms with E-state index in [2.05, 4.69) is 17.1 Å². The van der Waals surface area contributed by atoms with E-state index in [1.54, 1.807) is 6.20 Å². The quantitative estimate of drug-likeness (QED) is 0.645. The van der Waals surface area contributed by atoms with E-state index in [9.17, 15) is 0 Å². The molecule has 0 aliphatic heterocycles. The van der Waals surface area contributed by atoms with Crippen LogP contribution in [0.3, 0.4) is 0 Å². The molecule has 10 heavy (non-hydrogen) atoms. The molecule has 0 radical (unpaired) electrons. The average Bonchev–Trinajstić information content (AvgIpc) is 2.34. The highest BCUT2D eigenvalue weighted by molar-refractivity contribution is 5.18. The first-order valence-electron chi connectivity index (χ1n) is 3.51. The van der Waals surface area contributed by atoms with Gasteiger partial charge in [-0.05, 0) is 13.3 Å². The monoisotopic (exact) mass is 139 g/mol. The molecule has 1 atom stereocenters. The van der Waals surface area contributed by atoms with Crippen LogP contribution in [0.25, 0.3) is 0 Å². The number of nitrogens with zero attached hydrogens (tertiary/aromatic N) is 1. The molecule has 0 aromatic carbocycles. The van der Waals surface area contributed by atoms with E-state index in [1.807, 2.05) is 6.92 Å². The Morgan fingerprint density at radius 1 is 1.80 bits per heavy atom. The van der Waals surface area contributed by atoms with E-state index in [-0.39, 0.29) is 6.04 Å². The topological polar surface area (TPSA) is 54.7 Å². The maximum atomic E-state index is 5.78. The van der Waals surface area contributed by atoms with Crippen LogP contribution in [-0.4, -0.2) is 10.2 Å². The van der Waals surface area contributed by atoms with Gasteiger partial charge in [-0.15, -0.1) is 0 Å². The van der Waals surface area contributed by atoms with Crippen molar-refractivity contribution >= 4 is 0 Å². The Balaban J connectivity index is 2.82. The van der Waals surface area contributed by atoms with Gasteiger partial charge >= 0.3 is 0 Å². The summed E-state index contributed by atoms with van der Waals surface area (Å²) in [4.78, 5) is 0. The van der Waals surface area contributed by atoms with Gasteiger partial charge in [-0.3, -0.25) is 5.10 Å². The molecule has 0 fully saturated rings. The molecular weight excluding hydrogens is 126 g/mol. The van der Waals surface area contributed by atoms with E-state index >= 15 is 0 Å². The maximum Gasteiger partial charge on any atom is 0.0537 e. The van der Waals surface area contributed by atoms with Gasteiger partial charge in [0, 0.05) is 17.3 Å². The van der Waals surface area contributed by atoms with Crippen molar-refractivity contribution in [1.82, 2.24) is 10.2 Å². The van der Waals surface area contributed by atoms with Gasteiger partial charge in [0.05, 0.1) is 6.20 Å². The Hall–Kier alpha value is -0.830. The van der Waals surface area contributed by atoms with Crippen LogP contribution in [-0.2, 0) is 0 Å². The molecular formula is C7H13N3. The minimum absolute atomic E-state index is 0.138. The third-order valence-electron chi connectivity index (χ3n) is 1.71. The zero-order chi connectivity index (χ0) is 7.56. The van der Waals surface area contributed by atoms with Crippen LogP contribution in [0.5, 0.6) is 0 Å². The molecule has 1 aromatic heterocycles. The zero-order valence-electron chi connectivity index (χ0n) is 6.39. The highest BCUT2D eigenvalue weighted by Gasteiger charge is 2.06. The highest BCUT2D eigenvalue weighted by atomic mass is 15.1. The summed E-state index contributed by atoms with van der Waals surface area (Å²) in [5, 5.41) is 6.74. The summed E-state index contributed by atoms with van der Waals surface area (Å²) >= 11 is 0. The second-order valence-electron chi connectivity index (χ2n) is 2.47. The Bertz CT molecular complexity index is 204. The van der Waals surface area contributed by atoms with Crippen molar-refractivity contribution in [3.05, 3.63) is 17.5 Å². The second-order valence-corrected chi connectivity index (χ2v) is 2.47. The van der Waals surface area contributed by atoms with Crippen molar-refractivity contribution in [1.29, 1.82) is 0 Å². The standard InChI is InChI=1S/C7H13N3/c1-3-7(8)6-4-9-10-5(6)2/h4,7H,3,8H2,1-2H3,(H,9,10). The first-order valence-corrected chi connectivity index (χ1v) is 3.51. The predicted molar refractivity (Wildman–Crippen MR) is 40.5 cm³/mol. The molecule has 3 nitrogen and oxygen atoms in total. The normalized spacial score (nSPS) is 13.5. The fourth-order valence-electron chi connectivity index (χ4n) is 0.954. The number of hydrogen-bond donors (Lipinski definition) is 2. The summed E-state index contributed by atoms with van der Waals surface area (Å²) < 4.78 is 0. The van der Waals surface area contributed by atoms with Crippen molar-refractivity contribution in [2.24, 2.45) is 5.73 Å². The predicted octanol–water partition coefficient (Wildman–Crippen LogP) is 1.13. The molecule has 0 amide bonds. The van der Waals surface area contributed by atoms with Crippen LogP contribution in [0.1, 0.15) is 30.6 Å². The second kappa shape index (κ2) is 2.84. The third-order valence-corrected chi connectivity index (χ3v) is 1.71. The molecule has 0 bridgehead atoms. The Kier molecular flexibility index (Phi) is 2.06. The molecule has 3 N–H and O–H groups in total. The molecule has 1 aromatic rings. The Labute approximate surface area is 60.6 Å². The zero-order valence-corrected chi connectivity index (χ0v) is 6.39. The Morgan fingerprint density at radius 3 is 2.90 bits per heavy atom. The third kappa shape index (κ3) is 1.19. The highest BCUT2D eigenvalue weighted by Crippen LogP contribution is 2.14. The van der Waals surface area contributed by atoms with E-state index in [4.69, 9.17) is 5.73 Å². The van der Waals surface area contributed by atoms with Gasteiger partial charge in [-0.2, -0.15) is 5.10 Å². The fraction of sp³-hybridized carbons (Fsp3) is 0.571. The average molecular weight is 139 g/mol. The summed E-state index contributed by atoms with van der Waals surface area (Å²) in [7, 11) is 0. The molecule has 0 spiro atoms. The van der Waals surface area contributed by atoms with Gasteiger partial charge in [0.1, 0.15) is 0 Å². The van der Waals surface area contributed by atoms with E-state index in [1.165, 1.54) is 0 Å². The first-order chi connectivity index (χ1) is 4.75. The van der Waals surface area contributed by atoms with Gasteiger partial charge in [0.2, 0.25) is 0 Å². The van der Waals surface area contributed by atoms with Gasteiger partial charge in [-0.1, -0.05) is 6.92 Å². The van der Waals surface area contributed by atoms with Crippen LogP contribution in [0, 0.1) is 6.92 Å². The van der Waals surface area contributed by atoms with E-state index in [0.717, 1.165) is 17.7 Å². The van der Waals surface area contributed by atoms with Crippen molar-refractivity contribution < 1.29 is 0 Å². The number of aryl methyl sites for hydroxylation is 1. The molecule has 1 rings (SSSR count). The molecule has 0 saturated heterocycles. The molecule has 0 saturated carbocycles. The fourth-order valence-corrected chi connectivity index (χ4v) is 0.954. The van der Waals surface area contributed by atoms with Crippen LogP contribution in [0.2, 0.25) is 0 Å². The number of aromatic nitrogens is 2. The first kappa shape index (κ1) is 7.28. The summed E-state index contributed by atoms with van der Waals surface area (Å²) in [6.07, 6.45) is 2.75. The summed E-state index contributed by atoms with van der Waals surface area (Å²) in [6.45, 7) is 4.05. The minimum Gasteiger partial charge on any atom is -0.324 e. The SMILES string of the molecule is CCC(N)c1cn[nH]c1C. The minimum atomic E-state index is 0.138. The lowest BCUT2D eigenvalue weighted by molar-refractivity contribution is 0.694. The van der Waals surface area contributed by atoms with Crippen LogP contribution < -0.4 is 5.73 Å².